The Balaban J connectivity index is 1.53. The minimum Gasteiger partial charge on any atom is -0.341 e. The molecule has 0 unspecified atom stereocenters. The minimum absolute atomic E-state index is 0.140. The van der Waals surface area contributed by atoms with Gasteiger partial charge in [-0.15, -0.1) is 0 Å². The number of benzene rings is 1. The van der Waals surface area contributed by atoms with Crippen LogP contribution in [-0.2, 0) is 16.0 Å². The second-order valence-electron chi connectivity index (χ2n) is 7.01. The summed E-state index contributed by atoms with van der Waals surface area (Å²) < 4.78 is 0. The summed E-state index contributed by atoms with van der Waals surface area (Å²) in [7, 11) is 0. The molecule has 2 aliphatic heterocycles. The molecule has 1 atom stereocenters. The Hall–Kier alpha value is -2.37. The Kier molecular flexibility index (Phi) is 5.36. The Morgan fingerprint density at radius 1 is 1.16 bits per heavy atom. The van der Waals surface area contributed by atoms with E-state index in [4.69, 9.17) is 0 Å². The molecule has 2 aliphatic rings. The van der Waals surface area contributed by atoms with E-state index in [1.54, 1.807) is 4.90 Å². The molecule has 6 heteroatoms. The predicted octanol–water partition coefficient (Wildman–Crippen LogP) is 1.80. The number of carbonyl (C=O) groups is 3. The highest BCUT2D eigenvalue weighted by atomic mass is 16.2. The number of carbonyl (C=O) groups excluding carboxylic acids is 3. The van der Waals surface area contributed by atoms with E-state index in [0.717, 1.165) is 23.3 Å². The fourth-order valence-electron chi connectivity index (χ4n) is 3.37. The van der Waals surface area contributed by atoms with Crippen LogP contribution in [0.1, 0.15) is 31.7 Å². The van der Waals surface area contributed by atoms with Crippen LogP contribution < -0.4 is 5.32 Å². The van der Waals surface area contributed by atoms with Gasteiger partial charge < -0.3 is 10.2 Å². The maximum atomic E-state index is 12.5. The van der Waals surface area contributed by atoms with Gasteiger partial charge >= 0.3 is 6.03 Å². The van der Waals surface area contributed by atoms with Crippen molar-refractivity contribution in [3.8, 4) is 0 Å². The highest BCUT2D eigenvalue weighted by Gasteiger charge is 2.39. The average molecular weight is 343 g/mol. The molecule has 2 heterocycles. The summed E-state index contributed by atoms with van der Waals surface area (Å²) in [4.78, 5) is 39.8. The highest BCUT2D eigenvalue weighted by Crippen LogP contribution is 2.17. The highest BCUT2D eigenvalue weighted by molar-refractivity contribution is 6.06. The van der Waals surface area contributed by atoms with Gasteiger partial charge in [-0.3, -0.25) is 14.5 Å². The first-order valence-electron chi connectivity index (χ1n) is 8.98. The molecule has 2 fully saturated rings. The number of nitrogens with zero attached hydrogens (tertiary/aromatic N) is 2. The van der Waals surface area contributed by atoms with Crippen molar-refractivity contribution >= 4 is 17.8 Å². The van der Waals surface area contributed by atoms with Crippen LogP contribution >= 0.6 is 0 Å². The SMILES string of the molecule is CC1CCN(C(=O)CN2C(=O)N[C@@H](CCc3ccccc3)C2=O)CC1. The number of hydrogen-bond acceptors (Lipinski definition) is 3. The van der Waals surface area contributed by atoms with E-state index in [9.17, 15) is 14.4 Å². The van der Waals surface area contributed by atoms with Crippen molar-refractivity contribution in [1.82, 2.24) is 15.1 Å². The van der Waals surface area contributed by atoms with Crippen LogP contribution in [0.15, 0.2) is 30.3 Å². The van der Waals surface area contributed by atoms with E-state index < -0.39 is 12.1 Å². The first kappa shape index (κ1) is 17.5. The summed E-state index contributed by atoms with van der Waals surface area (Å²) in [6.07, 6.45) is 3.21. The molecule has 0 aromatic heterocycles. The van der Waals surface area contributed by atoms with Gasteiger partial charge in [-0.2, -0.15) is 0 Å². The molecule has 0 aliphatic carbocycles. The third-order valence-electron chi connectivity index (χ3n) is 5.10. The maximum Gasteiger partial charge on any atom is 0.325 e. The Labute approximate surface area is 148 Å². The number of hydrogen-bond donors (Lipinski definition) is 1. The van der Waals surface area contributed by atoms with E-state index in [1.807, 2.05) is 30.3 Å². The van der Waals surface area contributed by atoms with Crippen molar-refractivity contribution in [3.05, 3.63) is 35.9 Å². The fraction of sp³-hybridized carbons (Fsp3) is 0.526. The molecule has 4 amide bonds. The van der Waals surface area contributed by atoms with Crippen molar-refractivity contribution in [2.45, 2.75) is 38.6 Å². The molecular weight excluding hydrogens is 318 g/mol. The molecule has 3 rings (SSSR count). The number of urea groups is 1. The van der Waals surface area contributed by atoms with Crippen molar-refractivity contribution < 1.29 is 14.4 Å². The number of imide groups is 1. The molecule has 25 heavy (non-hydrogen) atoms. The van der Waals surface area contributed by atoms with Crippen LogP contribution in [0.25, 0.3) is 0 Å². The van der Waals surface area contributed by atoms with Crippen molar-refractivity contribution in [2.24, 2.45) is 5.92 Å². The van der Waals surface area contributed by atoms with Crippen molar-refractivity contribution in [3.63, 3.8) is 0 Å². The molecular formula is C19H25N3O3. The lowest BCUT2D eigenvalue weighted by Gasteiger charge is -2.31. The van der Waals surface area contributed by atoms with Gasteiger partial charge in [-0.05, 0) is 37.2 Å². The van der Waals surface area contributed by atoms with Crippen LogP contribution in [0.2, 0.25) is 0 Å². The second kappa shape index (κ2) is 7.68. The third-order valence-corrected chi connectivity index (χ3v) is 5.10. The van der Waals surface area contributed by atoms with Gasteiger partial charge in [0.1, 0.15) is 12.6 Å². The lowest BCUT2D eigenvalue weighted by molar-refractivity contribution is -0.138. The van der Waals surface area contributed by atoms with E-state index in [-0.39, 0.29) is 18.4 Å². The monoisotopic (exact) mass is 343 g/mol. The van der Waals surface area contributed by atoms with Crippen LogP contribution in [0.4, 0.5) is 4.79 Å². The van der Waals surface area contributed by atoms with Crippen molar-refractivity contribution in [2.75, 3.05) is 19.6 Å². The zero-order chi connectivity index (χ0) is 17.8. The van der Waals surface area contributed by atoms with Crippen LogP contribution in [0, 0.1) is 5.92 Å². The van der Waals surface area contributed by atoms with E-state index in [1.165, 1.54) is 0 Å². The Morgan fingerprint density at radius 3 is 2.52 bits per heavy atom. The van der Waals surface area contributed by atoms with E-state index in [0.29, 0.717) is 31.8 Å². The number of piperidine rings is 1. The molecule has 1 N–H and O–H groups in total. The number of aryl methyl sites for hydroxylation is 1. The van der Waals surface area contributed by atoms with Gasteiger partial charge in [0.2, 0.25) is 5.91 Å². The zero-order valence-corrected chi connectivity index (χ0v) is 14.6. The quantitative estimate of drug-likeness (QED) is 0.829. The smallest absolute Gasteiger partial charge is 0.325 e. The van der Waals surface area contributed by atoms with Gasteiger partial charge in [-0.1, -0.05) is 37.3 Å². The average Bonchev–Trinajstić information content (AvgIpc) is 2.89. The molecule has 0 radical (unpaired) electrons. The molecule has 134 valence electrons. The minimum atomic E-state index is -0.540. The van der Waals surface area contributed by atoms with Gasteiger partial charge in [0.25, 0.3) is 5.91 Å². The number of rotatable bonds is 5. The lowest BCUT2D eigenvalue weighted by atomic mass is 9.99. The predicted molar refractivity (Wildman–Crippen MR) is 93.8 cm³/mol. The Bertz CT molecular complexity index is 639. The zero-order valence-electron chi connectivity index (χ0n) is 14.6. The van der Waals surface area contributed by atoms with Crippen LogP contribution in [0.5, 0.6) is 0 Å². The lowest BCUT2D eigenvalue weighted by Crippen LogP contribution is -2.45. The Morgan fingerprint density at radius 2 is 1.84 bits per heavy atom. The largest absolute Gasteiger partial charge is 0.341 e. The topological polar surface area (TPSA) is 69.7 Å². The molecule has 1 aromatic rings. The molecule has 0 spiro atoms. The summed E-state index contributed by atoms with van der Waals surface area (Å²) in [5, 5.41) is 2.71. The number of amides is 4. The van der Waals surface area contributed by atoms with Gasteiger partial charge in [0, 0.05) is 13.1 Å². The van der Waals surface area contributed by atoms with Crippen LogP contribution in [-0.4, -0.2) is 53.3 Å². The summed E-state index contributed by atoms with van der Waals surface area (Å²) >= 11 is 0. The number of likely N-dealkylation sites (tertiary alicyclic amines) is 1. The summed E-state index contributed by atoms with van der Waals surface area (Å²) in [5.74, 6) is 0.196. The van der Waals surface area contributed by atoms with E-state index in [2.05, 4.69) is 12.2 Å². The standard InChI is InChI=1S/C19H25N3O3/c1-14-9-11-21(12-10-14)17(23)13-22-18(24)16(20-19(22)25)8-7-15-5-3-2-4-6-15/h2-6,14,16H,7-13H2,1H3,(H,20,25)/t16-/m0/s1. The molecule has 2 saturated heterocycles. The molecule has 6 nitrogen and oxygen atoms in total. The van der Waals surface area contributed by atoms with Gasteiger partial charge in [-0.25, -0.2) is 4.79 Å². The third kappa shape index (κ3) is 4.18. The normalized spacial score (nSPS) is 21.6. The van der Waals surface area contributed by atoms with Gasteiger partial charge in [0.15, 0.2) is 0 Å². The van der Waals surface area contributed by atoms with Crippen LogP contribution in [0.3, 0.4) is 0 Å². The fourth-order valence-corrected chi connectivity index (χ4v) is 3.37. The first-order chi connectivity index (χ1) is 12.0. The first-order valence-corrected chi connectivity index (χ1v) is 8.98. The van der Waals surface area contributed by atoms with E-state index >= 15 is 0 Å². The number of nitrogens with one attached hydrogen (secondary N) is 1. The summed E-state index contributed by atoms with van der Waals surface area (Å²) in [6.45, 7) is 3.44. The summed E-state index contributed by atoms with van der Waals surface area (Å²) in [6, 6.07) is 8.85. The molecule has 1 aromatic carbocycles. The summed E-state index contributed by atoms with van der Waals surface area (Å²) in [5.41, 5.74) is 1.13. The van der Waals surface area contributed by atoms with Crippen molar-refractivity contribution in [1.29, 1.82) is 0 Å². The maximum absolute atomic E-state index is 12.5. The van der Waals surface area contributed by atoms with Gasteiger partial charge in [0.05, 0.1) is 0 Å². The molecule has 0 saturated carbocycles. The molecule has 0 bridgehead atoms. The second-order valence-corrected chi connectivity index (χ2v) is 7.01.